The van der Waals surface area contributed by atoms with Crippen LogP contribution in [-0.2, 0) is 21.2 Å². The molecule has 35 heavy (non-hydrogen) atoms. The number of piperidine rings is 1. The van der Waals surface area contributed by atoms with Crippen LogP contribution in [0.1, 0.15) is 30.2 Å². The van der Waals surface area contributed by atoms with Gasteiger partial charge in [0, 0.05) is 24.7 Å². The van der Waals surface area contributed by atoms with Crippen LogP contribution in [0.5, 0.6) is 0 Å². The number of fused-ring (bicyclic) bond motifs is 1. The highest BCUT2D eigenvalue weighted by Gasteiger charge is 2.27. The lowest BCUT2D eigenvalue weighted by molar-refractivity contribution is -0.131. The molecule has 0 bridgehead atoms. The van der Waals surface area contributed by atoms with Gasteiger partial charge in [0.1, 0.15) is 11.3 Å². The molecule has 0 atom stereocenters. The van der Waals surface area contributed by atoms with Gasteiger partial charge in [0.05, 0.1) is 11.3 Å². The zero-order chi connectivity index (χ0) is 24.4. The number of anilines is 1. The Kier molecular flexibility index (Phi) is 6.25. The van der Waals surface area contributed by atoms with E-state index in [1.807, 2.05) is 29.2 Å². The number of sulfonamides is 1. The largest absolute Gasteiger partial charge is 0.440 e. The molecule has 5 rings (SSSR count). The van der Waals surface area contributed by atoms with E-state index in [1.165, 1.54) is 12.1 Å². The number of likely N-dealkylation sites (tertiary alicyclic amines) is 1. The SMILES string of the molecule is O=C(Cc1ccc(NS(=O)(=O)c2ccc(F)cc2)cc1)N1CCC(c2nc3ccccc3o2)CC1. The third kappa shape index (κ3) is 5.19. The van der Waals surface area contributed by atoms with Crippen LogP contribution in [0.3, 0.4) is 0 Å². The molecule has 4 aromatic rings. The van der Waals surface area contributed by atoms with Crippen LogP contribution in [0.2, 0.25) is 0 Å². The molecule has 0 spiro atoms. The number of amides is 1. The Labute approximate surface area is 202 Å². The average molecular weight is 494 g/mol. The molecule has 0 aliphatic carbocycles. The summed E-state index contributed by atoms with van der Waals surface area (Å²) in [6.45, 7) is 1.27. The topological polar surface area (TPSA) is 92.5 Å². The molecule has 1 amide bonds. The number of aromatic nitrogens is 1. The second kappa shape index (κ2) is 9.50. The van der Waals surface area contributed by atoms with E-state index in [1.54, 1.807) is 24.3 Å². The monoisotopic (exact) mass is 493 g/mol. The predicted molar refractivity (Wildman–Crippen MR) is 130 cm³/mol. The maximum atomic E-state index is 13.1. The van der Waals surface area contributed by atoms with Gasteiger partial charge in [-0.15, -0.1) is 0 Å². The Hall–Kier alpha value is -3.72. The highest BCUT2D eigenvalue weighted by atomic mass is 32.2. The van der Waals surface area contributed by atoms with Crippen molar-refractivity contribution in [3.8, 4) is 0 Å². The molecule has 1 saturated heterocycles. The Morgan fingerprint density at radius 1 is 1.00 bits per heavy atom. The van der Waals surface area contributed by atoms with E-state index >= 15 is 0 Å². The average Bonchev–Trinajstić information content (AvgIpc) is 3.30. The molecule has 1 aliphatic heterocycles. The first-order chi connectivity index (χ1) is 16.9. The molecule has 1 aromatic heterocycles. The Morgan fingerprint density at radius 3 is 2.37 bits per heavy atom. The number of nitrogens with zero attached hydrogens (tertiary/aromatic N) is 2. The van der Waals surface area contributed by atoms with E-state index in [2.05, 4.69) is 9.71 Å². The van der Waals surface area contributed by atoms with Gasteiger partial charge in [-0.3, -0.25) is 9.52 Å². The molecule has 0 unspecified atom stereocenters. The first-order valence-corrected chi connectivity index (χ1v) is 12.9. The number of carbonyl (C=O) groups is 1. The maximum Gasteiger partial charge on any atom is 0.261 e. The summed E-state index contributed by atoms with van der Waals surface area (Å²) in [5, 5.41) is 0. The van der Waals surface area contributed by atoms with Crippen LogP contribution in [0.25, 0.3) is 11.1 Å². The number of hydrogen-bond acceptors (Lipinski definition) is 5. The lowest BCUT2D eigenvalue weighted by Crippen LogP contribution is -2.38. The fourth-order valence-electron chi connectivity index (χ4n) is 4.25. The first-order valence-electron chi connectivity index (χ1n) is 11.4. The maximum absolute atomic E-state index is 13.1. The van der Waals surface area contributed by atoms with Gasteiger partial charge < -0.3 is 9.32 Å². The number of oxazole rings is 1. The molecule has 180 valence electrons. The number of rotatable bonds is 6. The van der Waals surface area contributed by atoms with Crippen molar-refractivity contribution >= 4 is 32.7 Å². The van der Waals surface area contributed by atoms with Crippen molar-refractivity contribution in [3.63, 3.8) is 0 Å². The molecular weight excluding hydrogens is 469 g/mol. The minimum Gasteiger partial charge on any atom is -0.440 e. The third-order valence-electron chi connectivity index (χ3n) is 6.19. The highest BCUT2D eigenvalue weighted by molar-refractivity contribution is 7.92. The molecule has 1 N–H and O–H groups in total. The predicted octanol–water partition coefficient (Wildman–Crippen LogP) is 4.72. The van der Waals surface area contributed by atoms with E-state index in [4.69, 9.17) is 4.42 Å². The number of hydrogen-bond donors (Lipinski definition) is 1. The standard InChI is InChI=1S/C26H24FN3O4S/c27-20-7-11-22(12-8-20)35(32,33)29-21-9-5-18(6-10-21)17-25(31)30-15-13-19(14-16-30)26-28-23-3-1-2-4-24(23)34-26/h1-12,19,29H,13-17H2. The van der Waals surface area contributed by atoms with Crippen LogP contribution < -0.4 is 4.72 Å². The number of benzene rings is 3. The van der Waals surface area contributed by atoms with Crippen LogP contribution in [-0.4, -0.2) is 37.3 Å². The Morgan fingerprint density at radius 2 is 1.69 bits per heavy atom. The molecule has 0 saturated carbocycles. The molecule has 9 heteroatoms. The minimum atomic E-state index is -3.82. The quantitative estimate of drug-likeness (QED) is 0.420. The molecule has 0 radical (unpaired) electrons. The van der Waals surface area contributed by atoms with Crippen molar-refractivity contribution in [2.75, 3.05) is 17.8 Å². The summed E-state index contributed by atoms with van der Waals surface area (Å²) in [6, 6.07) is 19.0. The summed E-state index contributed by atoms with van der Waals surface area (Å²) in [4.78, 5) is 19.2. The van der Waals surface area contributed by atoms with Gasteiger partial charge in [-0.2, -0.15) is 0 Å². The lowest BCUT2D eigenvalue weighted by atomic mass is 9.96. The lowest BCUT2D eigenvalue weighted by Gasteiger charge is -2.30. The first kappa shape index (κ1) is 23.0. The van der Waals surface area contributed by atoms with E-state index < -0.39 is 15.8 Å². The van der Waals surface area contributed by atoms with Crippen molar-refractivity contribution in [1.29, 1.82) is 0 Å². The highest BCUT2D eigenvalue weighted by Crippen LogP contribution is 2.30. The molecule has 1 aliphatic rings. The van der Waals surface area contributed by atoms with Gasteiger partial charge in [0.15, 0.2) is 11.5 Å². The van der Waals surface area contributed by atoms with E-state index in [9.17, 15) is 17.6 Å². The smallest absolute Gasteiger partial charge is 0.261 e. The van der Waals surface area contributed by atoms with Gasteiger partial charge in [-0.1, -0.05) is 24.3 Å². The second-order valence-corrected chi connectivity index (χ2v) is 10.3. The molecule has 1 fully saturated rings. The second-order valence-electron chi connectivity index (χ2n) is 8.61. The summed E-state index contributed by atoms with van der Waals surface area (Å²) < 4.78 is 46.3. The molecule has 7 nitrogen and oxygen atoms in total. The van der Waals surface area contributed by atoms with Crippen LogP contribution in [0.15, 0.2) is 82.1 Å². The zero-order valence-electron chi connectivity index (χ0n) is 18.9. The van der Waals surface area contributed by atoms with Crippen LogP contribution in [0, 0.1) is 5.82 Å². The molecule has 2 heterocycles. The fourth-order valence-corrected chi connectivity index (χ4v) is 5.30. The summed E-state index contributed by atoms with van der Waals surface area (Å²) in [7, 11) is -3.82. The van der Waals surface area contributed by atoms with E-state index in [0.717, 1.165) is 47.5 Å². The Bertz CT molecular complexity index is 1410. The van der Waals surface area contributed by atoms with Crippen molar-refractivity contribution < 1.29 is 22.0 Å². The Balaban J connectivity index is 1.16. The van der Waals surface area contributed by atoms with Gasteiger partial charge in [0.25, 0.3) is 10.0 Å². The van der Waals surface area contributed by atoms with Crippen molar-refractivity contribution in [1.82, 2.24) is 9.88 Å². The van der Waals surface area contributed by atoms with Crippen LogP contribution in [0.4, 0.5) is 10.1 Å². The zero-order valence-corrected chi connectivity index (χ0v) is 19.7. The third-order valence-corrected chi connectivity index (χ3v) is 7.59. The van der Waals surface area contributed by atoms with Crippen molar-refractivity contribution in [2.24, 2.45) is 0 Å². The van der Waals surface area contributed by atoms with E-state index in [0.29, 0.717) is 18.8 Å². The van der Waals surface area contributed by atoms with Gasteiger partial charge >= 0.3 is 0 Å². The van der Waals surface area contributed by atoms with Crippen LogP contribution >= 0.6 is 0 Å². The summed E-state index contributed by atoms with van der Waals surface area (Å²) in [6.07, 6.45) is 1.82. The normalized spacial score (nSPS) is 14.8. The summed E-state index contributed by atoms with van der Waals surface area (Å²) in [5.41, 5.74) is 2.79. The minimum absolute atomic E-state index is 0.0283. The summed E-state index contributed by atoms with van der Waals surface area (Å²) >= 11 is 0. The van der Waals surface area contributed by atoms with E-state index in [-0.39, 0.29) is 23.1 Å². The van der Waals surface area contributed by atoms with Gasteiger partial charge in [-0.25, -0.2) is 17.8 Å². The van der Waals surface area contributed by atoms with Crippen molar-refractivity contribution in [2.45, 2.75) is 30.1 Å². The fraction of sp³-hybridized carbons (Fsp3) is 0.231. The van der Waals surface area contributed by atoms with Gasteiger partial charge in [-0.05, 0) is 66.9 Å². The van der Waals surface area contributed by atoms with Gasteiger partial charge in [0.2, 0.25) is 5.91 Å². The van der Waals surface area contributed by atoms with Crippen molar-refractivity contribution in [3.05, 3.63) is 90.1 Å². The molecular formula is C26H24FN3O4S. The number of carbonyl (C=O) groups excluding carboxylic acids is 1. The number of halogens is 1. The number of para-hydroxylation sites is 2. The molecule has 3 aromatic carbocycles. The summed E-state index contributed by atoms with van der Waals surface area (Å²) in [5.74, 6) is 0.450. The number of nitrogens with one attached hydrogen (secondary N) is 1.